The minimum atomic E-state index is 0.236. The number of hydrogen-bond donors (Lipinski definition) is 0. The van der Waals surface area contributed by atoms with Crippen molar-refractivity contribution in [3.05, 3.63) is 58.8 Å². The largest absolute Gasteiger partial charge is 0.374 e. The first kappa shape index (κ1) is 14.3. The van der Waals surface area contributed by atoms with E-state index in [0.29, 0.717) is 6.61 Å². The Bertz CT molecular complexity index is 764. The van der Waals surface area contributed by atoms with Gasteiger partial charge >= 0.3 is 0 Å². The number of nitrogens with zero attached hydrogens (tertiary/aromatic N) is 2. The number of halogens is 1. The van der Waals surface area contributed by atoms with Crippen LogP contribution in [0, 0.1) is 0 Å². The Hall–Kier alpha value is -1.65. The molecule has 2 aromatic carbocycles. The molecule has 0 aliphatic rings. The van der Waals surface area contributed by atoms with Crippen LogP contribution < -0.4 is 0 Å². The maximum Gasteiger partial charge on any atom is 0.100 e. The number of aromatic nitrogens is 2. The first-order chi connectivity index (χ1) is 10.1. The predicted octanol–water partition coefficient (Wildman–Crippen LogP) is 4.71. The quantitative estimate of drug-likeness (QED) is 0.685. The first-order valence-corrected chi connectivity index (χ1v) is 7.76. The van der Waals surface area contributed by atoms with Gasteiger partial charge in [0.05, 0.1) is 23.7 Å². The molecule has 0 unspecified atom stereocenters. The van der Waals surface area contributed by atoms with E-state index >= 15 is 0 Å². The fraction of sp³-hybridized carbons (Fsp3) is 0.235. The van der Waals surface area contributed by atoms with E-state index in [1.807, 2.05) is 32.3 Å². The molecule has 0 atom stereocenters. The minimum Gasteiger partial charge on any atom is -0.374 e. The molecule has 4 heteroatoms. The molecule has 1 heterocycles. The molecule has 0 saturated carbocycles. The van der Waals surface area contributed by atoms with Crippen molar-refractivity contribution >= 4 is 27.0 Å². The van der Waals surface area contributed by atoms with Gasteiger partial charge in [0, 0.05) is 10.2 Å². The maximum atomic E-state index is 5.64. The topological polar surface area (TPSA) is 27.1 Å². The van der Waals surface area contributed by atoms with Crippen molar-refractivity contribution in [3.63, 3.8) is 0 Å². The highest BCUT2D eigenvalue weighted by molar-refractivity contribution is 9.10. The van der Waals surface area contributed by atoms with Gasteiger partial charge in [0.1, 0.15) is 6.33 Å². The van der Waals surface area contributed by atoms with Crippen molar-refractivity contribution < 1.29 is 4.74 Å². The Morgan fingerprint density at radius 1 is 1.19 bits per heavy atom. The number of benzene rings is 2. The maximum absolute atomic E-state index is 5.64. The summed E-state index contributed by atoms with van der Waals surface area (Å²) in [6.07, 6.45) is 2.10. The summed E-state index contributed by atoms with van der Waals surface area (Å²) in [6, 6.07) is 14.5. The fourth-order valence-electron chi connectivity index (χ4n) is 2.24. The number of ether oxygens (including phenoxy) is 1. The molecule has 3 rings (SSSR count). The van der Waals surface area contributed by atoms with Gasteiger partial charge in [-0.1, -0.05) is 28.1 Å². The lowest BCUT2D eigenvalue weighted by molar-refractivity contribution is 0.0658. The Morgan fingerprint density at radius 2 is 2.05 bits per heavy atom. The van der Waals surface area contributed by atoms with Gasteiger partial charge < -0.3 is 4.74 Å². The molecule has 0 amide bonds. The average molecular weight is 345 g/mol. The highest BCUT2D eigenvalue weighted by Gasteiger charge is 2.06. The second kappa shape index (κ2) is 6.00. The third-order valence-corrected chi connectivity index (χ3v) is 3.77. The van der Waals surface area contributed by atoms with Crippen LogP contribution in [0.25, 0.3) is 16.7 Å². The SMILES string of the molecule is CC(C)OCc1ccc2c(c1)ncn2-c1cccc(Br)c1. The summed E-state index contributed by atoms with van der Waals surface area (Å²) in [5, 5.41) is 0. The van der Waals surface area contributed by atoms with Gasteiger partial charge in [0.15, 0.2) is 0 Å². The van der Waals surface area contributed by atoms with E-state index in [4.69, 9.17) is 4.74 Å². The number of hydrogen-bond acceptors (Lipinski definition) is 2. The zero-order valence-electron chi connectivity index (χ0n) is 12.1. The van der Waals surface area contributed by atoms with Crippen LogP contribution in [0.4, 0.5) is 0 Å². The predicted molar refractivity (Wildman–Crippen MR) is 88.7 cm³/mol. The molecular formula is C17H17BrN2O. The van der Waals surface area contributed by atoms with Gasteiger partial charge in [-0.3, -0.25) is 4.57 Å². The third-order valence-electron chi connectivity index (χ3n) is 3.28. The van der Waals surface area contributed by atoms with E-state index in [1.165, 1.54) is 0 Å². The smallest absolute Gasteiger partial charge is 0.100 e. The Kier molecular flexibility index (Phi) is 4.08. The average Bonchev–Trinajstić information content (AvgIpc) is 2.88. The van der Waals surface area contributed by atoms with Crippen LogP contribution in [0.2, 0.25) is 0 Å². The molecule has 0 fully saturated rings. The minimum absolute atomic E-state index is 0.236. The van der Waals surface area contributed by atoms with Gasteiger partial charge in [0.2, 0.25) is 0 Å². The second-order valence-electron chi connectivity index (χ2n) is 5.28. The molecule has 1 aromatic heterocycles. The van der Waals surface area contributed by atoms with Crippen molar-refractivity contribution in [2.24, 2.45) is 0 Å². The molecule has 0 N–H and O–H groups in total. The molecule has 0 radical (unpaired) electrons. The van der Waals surface area contributed by atoms with Crippen LogP contribution in [-0.2, 0) is 11.3 Å². The monoisotopic (exact) mass is 344 g/mol. The number of imidazole rings is 1. The van der Waals surface area contributed by atoms with E-state index in [9.17, 15) is 0 Å². The molecule has 0 aliphatic heterocycles. The zero-order chi connectivity index (χ0) is 14.8. The van der Waals surface area contributed by atoms with Crippen LogP contribution >= 0.6 is 15.9 Å². The fourth-order valence-corrected chi connectivity index (χ4v) is 2.63. The summed E-state index contributed by atoms with van der Waals surface area (Å²) in [5.41, 5.74) is 4.33. The van der Waals surface area contributed by atoms with E-state index in [2.05, 4.69) is 55.8 Å². The van der Waals surface area contributed by atoms with Gasteiger partial charge in [-0.05, 0) is 49.7 Å². The highest BCUT2D eigenvalue weighted by atomic mass is 79.9. The zero-order valence-corrected chi connectivity index (χ0v) is 13.7. The summed E-state index contributed by atoms with van der Waals surface area (Å²) in [7, 11) is 0. The molecule has 0 saturated heterocycles. The molecule has 108 valence electrons. The van der Waals surface area contributed by atoms with Gasteiger partial charge in [-0.2, -0.15) is 0 Å². The van der Waals surface area contributed by atoms with Crippen molar-refractivity contribution in [2.75, 3.05) is 0 Å². The molecular weight excluding hydrogens is 328 g/mol. The lowest BCUT2D eigenvalue weighted by Gasteiger charge is -2.08. The summed E-state index contributed by atoms with van der Waals surface area (Å²) < 4.78 is 8.79. The van der Waals surface area contributed by atoms with Crippen molar-refractivity contribution in [3.8, 4) is 5.69 Å². The summed E-state index contributed by atoms with van der Waals surface area (Å²) in [6.45, 7) is 4.71. The van der Waals surface area contributed by atoms with E-state index in [-0.39, 0.29) is 6.10 Å². The van der Waals surface area contributed by atoms with Crippen LogP contribution in [-0.4, -0.2) is 15.7 Å². The third kappa shape index (κ3) is 3.17. The van der Waals surface area contributed by atoms with E-state index in [1.54, 1.807) is 0 Å². The Labute approximate surface area is 132 Å². The Morgan fingerprint density at radius 3 is 2.81 bits per heavy atom. The van der Waals surface area contributed by atoms with Gasteiger partial charge in [-0.15, -0.1) is 0 Å². The molecule has 3 aromatic rings. The molecule has 21 heavy (non-hydrogen) atoms. The molecule has 0 aliphatic carbocycles. The summed E-state index contributed by atoms with van der Waals surface area (Å²) >= 11 is 3.51. The summed E-state index contributed by atoms with van der Waals surface area (Å²) in [4.78, 5) is 4.50. The van der Waals surface area contributed by atoms with Gasteiger partial charge in [-0.25, -0.2) is 4.98 Å². The summed E-state index contributed by atoms with van der Waals surface area (Å²) in [5.74, 6) is 0. The van der Waals surface area contributed by atoms with Crippen molar-refractivity contribution in [1.82, 2.24) is 9.55 Å². The van der Waals surface area contributed by atoms with Crippen LogP contribution in [0.1, 0.15) is 19.4 Å². The molecule has 0 bridgehead atoms. The number of rotatable bonds is 4. The molecule has 0 spiro atoms. The highest BCUT2D eigenvalue weighted by Crippen LogP contribution is 2.22. The number of fused-ring (bicyclic) bond motifs is 1. The van der Waals surface area contributed by atoms with Crippen LogP contribution in [0.15, 0.2) is 53.3 Å². The lowest BCUT2D eigenvalue weighted by Crippen LogP contribution is -2.02. The normalized spacial score (nSPS) is 11.4. The standard InChI is InChI=1S/C17H17BrN2O/c1-12(2)21-10-13-6-7-17-16(8-13)19-11-20(17)15-5-3-4-14(18)9-15/h3-9,11-12H,10H2,1-2H3. The van der Waals surface area contributed by atoms with Crippen LogP contribution in [0.3, 0.4) is 0 Å². The van der Waals surface area contributed by atoms with Crippen molar-refractivity contribution in [2.45, 2.75) is 26.6 Å². The van der Waals surface area contributed by atoms with Crippen molar-refractivity contribution in [1.29, 1.82) is 0 Å². The van der Waals surface area contributed by atoms with Crippen LogP contribution in [0.5, 0.6) is 0 Å². The second-order valence-corrected chi connectivity index (χ2v) is 6.19. The Balaban J connectivity index is 1.96. The molecule has 3 nitrogen and oxygen atoms in total. The van der Waals surface area contributed by atoms with Gasteiger partial charge in [0.25, 0.3) is 0 Å². The van der Waals surface area contributed by atoms with E-state index < -0.39 is 0 Å². The van der Waals surface area contributed by atoms with E-state index in [0.717, 1.165) is 26.8 Å². The first-order valence-electron chi connectivity index (χ1n) is 6.97. The lowest BCUT2D eigenvalue weighted by atomic mass is 10.2.